The van der Waals surface area contributed by atoms with Crippen molar-refractivity contribution in [2.24, 2.45) is 11.3 Å². The molecule has 0 aromatic carbocycles. The Labute approximate surface area is 91.1 Å². The minimum absolute atomic E-state index is 0.374. The number of fused-ring (bicyclic) bond motifs is 1. The highest BCUT2D eigenvalue weighted by atomic mass is 15.0. The van der Waals surface area contributed by atoms with E-state index >= 15 is 0 Å². The Balaban J connectivity index is 2.24. The summed E-state index contributed by atoms with van der Waals surface area (Å²) in [5.41, 5.74) is 8.40. The number of nitrogen functional groups attached to an aromatic ring is 1. The maximum atomic E-state index is 5.58. The smallest absolute Gasteiger partial charge is 0.220 e. The summed E-state index contributed by atoms with van der Waals surface area (Å²) in [5, 5.41) is 0. The monoisotopic (exact) mass is 205 g/mol. The highest BCUT2D eigenvalue weighted by Crippen LogP contribution is 2.36. The molecule has 2 rings (SSSR count). The van der Waals surface area contributed by atoms with Crippen LogP contribution in [-0.2, 0) is 12.8 Å². The van der Waals surface area contributed by atoms with Crippen molar-refractivity contribution in [3.8, 4) is 0 Å². The second-order valence-corrected chi connectivity index (χ2v) is 5.51. The third-order valence-corrected chi connectivity index (χ3v) is 3.39. The van der Waals surface area contributed by atoms with Gasteiger partial charge in [-0.25, -0.2) is 9.97 Å². The fraction of sp³-hybridized carbons (Fsp3) is 0.667. The summed E-state index contributed by atoms with van der Waals surface area (Å²) in [5.74, 6) is 1.14. The minimum Gasteiger partial charge on any atom is -0.368 e. The number of nitrogens with zero attached hydrogens (tertiary/aromatic N) is 2. The van der Waals surface area contributed by atoms with E-state index in [1.54, 1.807) is 0 Å². The van der Waals surface area contributed by atoms with Gasteiger partial charge in [-0.15, -0.1) is 0 Å². The number of anilines is 1. The molecule has 0 spiro atoms. The third kappa shape index (κ3) is 2.11. The van der Waals surface area contributed by atoms with Gasteiger partial charge in [0.25, 0.3) is 0 Å². The molecule has 0 unspecified atom stereocenters. The molecule has 3 heteroatoms. The van der Waals surface area contributed by atoms with Gasteiger partial charge in [-0.2, -0.15) is 0 Å². The molecule has 0 aliphatic heterocycles. The highest BCUT2D eigenvalue weighted by Gasteiger charge is 2.29. The largest absolute Gasteiger partial charge is 0.368 e. The quantitative estimate of drug-likeness (QED) is 0.706. The van der Waals surface area contributed by atoms with Gasteiger partial charge >= 0.3 is 0 Å². The molecule has 0 radical (unpaired) electrons. The lowest BCUT2D eigenvalue weighted by atomic mass is 9.72. The van der Waals surface area contributed by atoms with E-state index in [4.69, 9.17) is 5.73 Å². The lowest BCUT2D eigenvalue weighted by Crippen LogP contribution is -2.27. The van der Waals surface area contributed by atoms with E-state index < -0.39 is 0 Å². The molecule has 1 aromatic heterocycles. The van der Waals surface area contributed by atoms with Crippen molar-refractivity contribution in [2.75, 3.05) is 5.73 Å². The van der Waals surface area contributed by atoms with Crippen LogP contribution in [-0.4, -0.2) is 9.97 Å². The van der Waals surface area contributed by atoms with Crippen molar-refractivity contribution in [1.29, 1.82) is 0 Å². The van der Waals surface area contributed by atoms with E-state index in [0.717, 1.165) is 24.5 Å². The molecule has 1 aliphatic rings. The number of aryl methyl sites for hydroxylation is 1. The van der Waals surface area contributed by atoms with Crippen LogP contribution >= 0.6 is 0 Å². The van der Waals surface area contributed by atoms with Crippen molar-refractivity contribution in [3.05, 3.63) is 17.5 Å². The van der Waals surface area contributed by atoms with Gasteiger partial charge in [0, 0.05) is 11.9 Å². The number of rotatable bonds is 0. The highest BCUT2D eigenvalue weighted by molar-refractivity contribution is 5.27. The lowest BCUT2D eigenvalue weighted by molar-refractivity contribution is 0.214. The van der Waals surface area contributed by atoms with Crippen molar-refractivity contribution in [2.45, 2.75) is 40.0 Å². The molecule has 1 atom stereocenters. The van der Waals surface area contributed by atoms with E-state index in [0.29, 0.717) is 11.4 Å². The van der Waals surface area contributed by atoms with Gasteiger partial charge in [-0.05, 0) is 36.2 Å². The zero-order chi connectivity index (χ0) is 11.1. The summed E-state index contributed by atoms with van der Waals surface area (Å²) in [7, 11) is 0. The van der Waals surface area contributed by atoms with E-state index in [9.17, 15) is 0 Å². The normalized spacial score (nSPS) is 21.1. The molecule has 1 heterocycles. The van der Waals surface area contributed by atoms with Gasteiger partial charge < -0.3 is 5.73 Å². The molecule has 15 heavy (non-hydrogen) atoms. The average molecular weight is 205 g/mol. The fourth-order valence-electron chi connectivity index (χ4n) is 2.26. The van der Waals surface area contributed by atoms with Gasteiger partial charge in [0.2, 0.25) is 5.95 Å². The van der Waals surface area contributed by atoms with Crippen LogP contribution in [0, 0.1) is 11.3 Å². The number of nitrogens with two attached hydrogens (primary N) is 1. The average Bonchev–Trinajstić information content (AvgIpc) is 2.15. The Morgan fingerprint density at radius 1 is 1.40 bits per heavy atom. The standard InChI is InChI=1S/C12H19N3/c1-12(2,3)9-4-5-10-8(6-9)7-14-11(13)15-10/h7,9H,4-6H2,1-3H3,(H2,13,14,15)/t9-/m1/s1. The first-order valence-electron chi connectivity index (χ1n) is 5.57. The van der Waals surface area contributed by atoms with Crippen molar-refractivity contribution < 1.29 is 0 Å². The Kier molecular flexibility index (Phi) is 2.41. The predicted octanol–water partition coefficient (Wildman–Crippen LogP) is 2.21. The van der Waals surface area contributed by atoms with E-state index in [-0.39, 0.29) is 0 Å². The topological polar surface area (TPSA) is 51.8 Å². The van der Waals surface area contributed by atoms with Crippen LogP contribution in [0.25, 0.3) is 0 Å². The van der Waals surface area contributed by atoms with Crippen molar-refractivity contribution >= 4 is 5.95 Å². The summed E-state index contributed by atoms with van der Waals surface area (Å²) in [6, 6.07) is 0. The third-order valence-electron chi connectivity index (χ3n) is 3.39. The second kappa shape index (κ2) is 3.47. The number of aromatic nitrogens is 2. The van der Waals surface area contributed by atoms with Crippen molar-refractivity contribution in [1.82, 2.24) is 9.97 Å². The first-order valence-corrected chi connectivity index (χ1v) is 5.57. The van der Waals surface area contributed by atoms with Gasteiger partial charge in [0.1, 0.15) is 0 Å². The lowest BCUT2D eigenvalue weighted by Gasteiger charge is -2.34. The van der Waals surface area contributed by atoms with Crippen LogP contribution in [0.15, 0.2) is 6.20 Å². The zero-order valence-electron chi connectivity index (χ0n) is 9.75. The van der Waals surface area contributed by atoms with Crippen LogP contribution in [0.5, 0.6) is 0 Å². The molecule has 2 N–H and O–H groups in total. The van der Waals surface area contributed by atoms with Crippen LogP contribution in [0.1, 0.15) is 38.4 Å². The Hall–Kier alpha value is -1.12. The minimum atomic E-state index is 0.374. The van der Waals surface area contributed by atoms with E-state index in [1.165, 1.54) is 12.0 Å². The van der Waals surface area contributed by atoms with Crippen LogP contribution in [0.4, 0.5) is 5.95 Å². The van der Waals surface area contributed by atoms with Gasteiger partial charge in [-0.3, -0.25) is 0 Å². The van der Waals surface area contributed by atoms with Crippen LogP contribution < -0.4 is 5.73 Å². The predicted molar refractivity (Wildman–Crippen MR) is 61.4 cm³/mol. The molecule has 3 nitrogen and oxygen atoms in total. The fourth-order valence-corrected chi connectivity index (χ4v) is 2.26. The molecule has 0 fully saturated rings. The summed E-state index contributed by atoms with van der Waals surface area (Å²) in [6.45, 7) is 6.92. The summed E-state index contributed by atoms with van der Waals surface area (Å²) < 4.78 is 0. The molecule has 0 saturated heterocycles. The first-order chi connectivity index (χ1) is 6.97. The van der Waals surface area contributed by atoms with Gasteiger partial charge in [0.15, 0.2) is 0 Å². The Morgan fingerprint density at radius 2 is 2.13 bits per heavy atom. The molecule has 0 saturated carbocycles. The molecule has 0 bridgehead atoms. The first kappa shape index (κ1) is 10.4. The van der Waals surface area contributed by atoms with Gasteiger partial charge in [-0.1, -0.05) is 20.8 Å². The summed E-state index contributed by atoms with van der Waals surface area (Å²) in [4.78, 5) is 8.37. The Bertz CT molecular complexity index is 366. The second-order valence-electron chi connectivity index (χ2n) is 5.51. The van der Waals surface area contributed by atoms with Crippen molar-refractivity contribution in [3.63, 3.8) is 0 Å². The molecule has 82 valence electrons. The molecule has 0 amide bonds. The maximum absolute atomic E-state index is 5.58. The molecular formula is C12H19N3. The molecular weight excluding hydrogens is 186 g/mol. The van der Waals surface area contributed by atoms with Gasteiger partial charge in [0.05, 0.1) is 0 Å². The maximum Gasteiger partial charge on any atom is 0.220 e. The van der Waals surface area contributed by atoms with Crippen LogP contribution in [0.2, 0.25) is 0 Å². The van der Waals surface area contributed by atoms with E-state index in [1.807, 2.05) is 6.20 Å². The Morgan fingerprint density at radius 3 is 2.80 bits per heavy atom. The number of hydrogen-bond acceptors (Lipinski definition) is 3. The SMILES string of the molecule is CC(C)(C)[C@@H]1CCc2nc(N)ncc2C1. The molecule has 1 aromatic rings. The van der Waals surface area contributed by atoms with E-state index in [2.05, 4.69) is 30.7 Å². The summed E-state index contributed by atoms with van der Waals surface area (Å²) >= 11 is 0. The zero-order valence-corrected chi connectivity index (χ0v) is 9.75. The summed E-state index contributed by atoms with van der Waals surface area (Å²) in [6.07, 6.45) is 5.26. The van der Waals surface area contributed by atoms with Crippen LogP contribution in [0.3, 0.4) is 0 Å². The number of hydrogen-bond donors (Lipinski definition) is 1. The molecule has 1 aliphatic carbocycles.